The monoisotopic (exact) mass is 439 g/mol. The van der Waals surface area contributed by atoms with Gasteiger partial charge in [-0.3, -0.25) is 20.4 Å². The van der Waals surface area contributed by atoms with E-state index < -0.39 is 21.8 Å². The lowest BCUT2D eigenvalue weighted by Crippen LogP contribution is -2.41. The van der Waals surface area contributed by atoms with Gasteiger partial charge in [-0.1, -0.05) is 48.5 Å². The molecule has 0 spiro atoms. The zero-order chi connectivity index (χ0) is 22.3. The van der Waals surface area contributed by atoms with Crippen LogP contribution in [0.1, 0.15) is 26.3 Å². The molecule has 8 nitrogen and oxygen atoms in total. The summed E-state index contributed by atoms with van der Waals surface area (Å²) in [5.41, 5.74) is 5.69. The summed E-state index contributed by atoms with van der Waals surface area (Å²) in [5, 5.41) is 0. The molecule has 0 aliphatic carbocycles. The summed E-state index contributed by atoms with van der Waals surface area (Å²) < 4.78 is 32.8. The van der Waals surface area contributed by atoms with E-state index in [0.717, 1.165) is 5.56 Å². The Hall–Kier alpha value is -3.69. The number of rotatable bonds is 7. The molecule has 0 saturated heterocycles. The number of methoxy groups -OCH3 is 1. The first-order valence-electron chi connectivity index (χ1n) is 9.28. The fourth-order valence-electron chi connectivity index (χ4n) is 2.75. The minimum Gasteiger partial charge on any atom is -0.496 e. The van der Waals surface area contributed by atoms with Crippen LogP contribution >= 0.6 is 0 Å². The number of para-hydroxylation sites is 1. The molecule has 3 N–H and O–H groups in total. The van der Waals surface area contributed by atoms with E-state index in [4.69, 9.17) is 4.74 Å². The Bertz CT molecular complexity index is 1180. The van der Waals surface area contributed by atoms with Gasteiger partial charge in [0.2, 0.25) is 10.0 Å². The highest BCUT2D eigenvalue weighted by atomic mass is 32.2. The van der Waals surface area contributed by atoms with Crippen LogP contribution < -0.4 is 20.3 Å². The van der Waals surface area contributed by atoms with Gasteiger partial charge in [-0.25, -0.2) is 13.1 Å². The zero-order valence-electron chi connectivity index (χ0n) is 16.7. The molecule has 0 aliphatic heterocycles. The molecule has 0 atom stereocenters. The maximum Gasteiger partial charge on any atom is 0.273 e. The van der Waals surface area contributed by atoms with Crippen molar-refractivity contribution in [3.63, 3.8) is 0 Å². The fourth-order valence-corrected chi connectivity index (χ4v) is 3.81. The summed E-state index contributed by atoms with van der Waals surface area (Å²) in [5.74, 6) is -0.880. The van der Waals surface area contributed by atoms with Gasteiger partial charge in [0.1, 0.15) is 5.75 Å². The Morgan fingerprint density at radius 2 is 1.52 bits per heavy atom. The predicted molar refractivity (Wildman–Crippen MR) is 115 cm³/mol. The molecule has 2 amide bonds. The van der Waals surface area contributed by atoms with Crippen LogP contribution in [0, 0.1) is 0 Å². The summed E-state index contributed by atoms with van der Waals surface area (Å²) in [6, 6.07) is 21.1. The Balaban J connectivity index is 1.66. The van der Waals surface area contributed by atoms with E-state index in [2.05, 4.69) is 15.6 Å². The molecule has 9 heteroatoms. The number of amides is 2. The standard InChI is InChI=1S/C22H21N3O5S/c1-30-20-13-6-5-12-19(20)22(27)25-24-21(26)17-10-7-11-18(14-17)31(28,29)23-15-16-8-3-2-4-9-16/h2-14,23H,15H2,1H3,(H,24,26)(H,25,27). The Morgan fingerprint density at radius 1 is 0.839 bits per heavy atom. The molecule has 0 bridgehead atoms. The number of ether oxygens (including phenoxy) is 1. The number of carbonyl (C=O) groups excluding carboxylic acids is 2. The smallest absolute Gasteiger partial charge is 0.273 e. The van der Waals surface area contributed by atoms with E-state index in [1.54, 1.807) is 36.4 Å². The summed E-state index contributed by atoms with van der Waals surface area (Å²) in [6.45, 7) is 0.120. The number of hydrogen-bond acceptors (Lipinski definition) is 5. The number of sulfonamides is 1. The lowest BCUT2D eigenvalue weighted by atomic mass is 10.2. The minimum absolute atomic E-state index is 0.0628. The highest BCUT2D eigenvalue weighted by molar-refractivity contribution is 7.89. The van der Waals surface area contributed by atoms with Crippen LogP contribution in [0.2, 0.25) is 0 Å². The third-order valence-electron chi connectivity index (χ3n) is 4.36. The van der Waals surface area contributed by atoms with Crippen LogP contribution in [0.5, 0.6) is 5.75 Å². The van der Waals surface area contributed by atoms with E-state index in [1.165, 1.54) is 31.4 Å². The van der Waals surface area contributed by atoms with Crippen LogP contribution in [0.4, 0.5) is 0 Å². The largest absolute Gasteiger partial charge is 0.496 e. The molecule has 0 radical (unpaired) electrons. The topological polar surface area (TPSA) is 114 Å². The zero-order valence-corrected chi connectivity index (χ0v) is 17.5. The maximum atomic E-state index is 12.6. The van der Waals surface area contributed by atoms with E-state index in [9.17, 15) is 18.0 Å². The predicted octanol–water partition coefficient (Wildman–Crippen LogP) is 2.25. The molecule has 31 heavy (non-hydrogen) atoms. The number of carbonyl (C=O) groups is 2. The van der Waals surface area contributed by atoms with E-state index >= 15 is 0 Å². The van der Waals surface area contributed by atoms with Crippen LogP contribution in [0.3, 0.4) is 0 Å². The fraction of sp³-hybridized carbons (Fsp3) is 0.0909. The third-order valence-corrected chi connectivity index (χ3v) is 5.76. The average Bonchev–Trinajstić information content (AvgIpc) is 2.81. The first kappa shape index (κ1) is 22.0. The van der Waals surface area contributed by atoms with Crippen LogP contribution in [0.25, 0.3) is 0 Å². The van der Waals surface area contributed by atoms with Gasteiger partial charge in [0, 0.05) is 12.1 Å². The van der Waals surface area contributed by atoms with Gasteiger partial charge in [0.15, 0.2) is 0 Å². The van der Waals surface area contributed by atoms with Crippen molar-refractivity contribution >= 4 is 21.8 Å². The molecule has 0 aliphatic rings. The van der Waals surface area contributed by atoms with Gasteiger partial charge in [-0.15, -0.1) is 0 Å². The van der Waals surface area contributed by atoms with Gasteiger partial charge in [-0.05, 0) is 35.9 Å². The maximum absolute atomic E-state index is 12.6. The summed E-state index contributed by atoms with van der Waals surface area (Å²) in [7, 11) is -2.40. The van der Waals surface area contributed by atoms with Crippen molar-refractivity contribution in [1.82, 2.24) is 15.6 Å². The first-order chi connectivity index (χ1) is 14.9. The Labute approximate surface area is 180 Å². The second-order valence-corrected chi connectivity index (χ2v) is 8.21. The van der Waals surface area contributed by atoms with Gasteiger partial charge in [-0.2, -0.15) is 0 Å². The molecule has 0 fully saturated rings. The number of hydrazine groups is 1. The molecule has 0 aromatic heterocycles. The lowest BCUT2D eigenvalue weighted by Gasteiger charge is -2.11. The van der Waals surface area contributed by atoms with Crippen LogP contribution in [-0.4, -0.2) is 27.3 Å². The SMILES string of the molecule is COc1ccccc1C(=O)NNC(=O)c1cccc(S(=O)(=O)NCc2ccccc2)c1. The van der Waals surface area contributed by atoms with Crippen molar-refractivity contribution < 1.29 is 22.7 Å². The van der Waals surface area contributed by atoms with E-state index in [0.29, 0.717) is 5.75 Å². The summed E-state index contributed by atoms with van der Waals surface area (Å²) in [6.07, 6.45) is 0. The van der Waals surface area contributed by atoms with Crippen molar-refractivity contribution in [3.8, 4) is 5.75 Å². The van der Waals surface area contributed by atoms with Crippen molar-refractivity contribution in [3.05, 3.63) is 95.6 Å². The normalized spacial score (nSPS) is 10.9. The molecule has 0 saturated carbocycles. The van der Waals surface area contributed by atoms with Gasteiger partial charge < -0.3 is 4.74 Å². The Morgan fingerprint density at radius 3 is 2.26 bits per heavy atom. The van der Waals surface area contributed by atoms with Crippen molar-refractivity contribution in [2.75, 3.05) is 7.11 Å². The molecule has 160 valence electrons. The molecular weight excluding hydrogens is 418 g/mol. The van der Waals surface area contributed by atoms with E-state index in [-0.39, 0.29) is 22.6 Å². The van der Waals surface area contributed by atoms with Crippen molar-refractivity contribution in [2.24, 2.45) is 0 Å². The quantitative estimate of drug-likeness (QED) is 0.489. The van der Waals surface area contributed by atoms with Gasteiger partial charge >= 0.3 is 0 Å². The summed E-state index contributed by atoms with van der Waals surface area (Å²) >= 11 is 0. The number of benzene rings is 3. The van der Waals surface area contributed by atoms with E-state index in [1.807, 2.05) is 18.2 Å². The molecule has 3 aromatic rings. The number of nitrogens with one attached hydrogen (secondary N) is 3. The first-order valence-corrected chi connectivity index (χ1v) is 10.8. The van der Waals surface area contributed by atoms with Crippen molar-refractivity contribution in [2.45, 2.75) is 11.4 Å². The molecule has 0 unspecified atom stereocenters. The molecule has 3 rings (SSSR count). The highest BCUT2D eigenvalue weighted by Gasteiger charge is 2.17. The number of hydrogen-bond donors (Lipinski definition) is 3. The highest BCUT2D eigenvalue weighted by Crippen LogP contribution is 2.17. The van der Waals surface area contributed by atoms with Gasteiger partial charge in [0.25, 0.3) is 11.8 Å². The molecule has 3 aromatic carbocycles. The van der Waals surface area contributed by atoms with Crippen molar-refractivity contribution in [1.29, 1.82) is 0 Å². The Kier molecular flexibility index (Phi) is 7.01. The second-order valence-electron chi connectivity index (χ2n) is 6.45. The average molecular weight is 439 g/mol. The minimum atomic E-state index is -3.83. The van der Waals surface area contributed by atoms with Crippen LogP contribution in [0.15, 0.2) is 83.8 Å². The van der Waals surface area contributed by atoms with Gasteiger partial charge in [0.05, 0.1) is 17.6 Å². The second kappa shape index (κ2) is 9.88. The molecular formula is C22H21N3O5S. The molecule has 0 heterocycles. The third kappa shape index (κ3) is 5.68. The summed E-state index contributed by atoms with van der Waals surface area (Å²) in [4.78, 5) is 24.7. The lowest BCUT2D eigenvalue weighted by molar-refractivity contribution is 0.0845. The van der Waals surface area contributed by atoms with Crippen LogP contribution in [-0.2, 0) is 16.6 Å².